The fourth-order valence-corrected chi connectivity index (χ4v) is 5.80. The van der Waals surface area contributed by atoms with Crippen LogP contribution in [-0.2, 0) is 20.0 Å². The molecule has 0 aliphatic carbocycles. The van der Waals surface area contributed by atoms with Gasteiger partial charge in [-0.2, -0.15) is 0 Å². The Morgan fingerprint density at radius 3 is 1.40 bits per heavy atom. The molecule has 0 spiro atoms. The highest BCUT2D eigenvalue weighted by Gasteiger charge is 2.16. The van der Waals surface area contributed by atoms with Crippen molar-refractivity contribution in [2.24, 2.45) is 0 Å². The molecule has 3 rings (SSSR count). The second-order valence-electron chi connectivity index (χ2n) is 9.51. The van der Waals surface area contributed by atoms with E-state index < -0.39 is 20.0 Å². The van der Waals surface area contributed by atoms with Gasteiger partial charge in [0.05, 0.1) is 9.79 Å². The predicted octanol–water partition coefficient (Wildman–Crippen LogP) is 2.99. The third kappa shape index (κ3) is 10.0. The number of urea groups is 1. The van der Waals surface area contributed by atoms with Crippen molar-refractivity contribution < 1.29 is 21.6 Å². The van der Waals surface area contributed by atoms with E-state index in [1.165, 1.54) is 0 Å². The van der Waals surface area contributed by atoms with Crippen LogP contribution >= 0.6 is 0 Å². The Morgan fingerprint density at radius 1 is 0.600 bits per heavy atom. The zero-order chi connectivity index (χ0) is 29.2. The standard InChI is InChI=1S/C28H37N5O5S2/c1-22-4-10-25(11-5-22)32-28(34)29-16-19-33(20-17-30-39(35,36)26-12-6-23(2)7-13-26)21-18-31-40(37,38)27-14-8-24(3)9-15-27/h4-15,30-31H,16-21H2,1-3H3,(H2,29,32,34). The van der Waals surface area contributed by atoms with Crippen LogP contribution in [0.5, 0.6) is 0 Å². The Hall–Kier alpha value is -3.29. The van der Waals surface area contributed by atoms with Gasteiger partial charge in [0.2, 0.25) is 20.0 Å². The summed E-state index contributed by atoms with van der Waals surface area (Å²) in [6.45, 7) is 7.19. The maximum absolute atomic E-state index is 12.7. The average molecular weight is 588 g/mol. The number of rotatable bonds is 14. The van der Waals surface area contributed by atoms with Gasteiger partial charge in [-0.05, 0) is 57.2 Å². The molecule has 0 saturated heterocycles. The Balaban J connectivity index is 1.55. The first kappa shape index (κ1) is 31.2. The van der Waals surface area contributed by atoms with Gasteiger partial charge in [0.15, 0.2) is 0 Å². The monoisotopic (exact) mass is 587 g/mol. The Morgan fingerprint density at radius 2 is 0.975 bits per heavy atom. The van der Waals surface area contributed by atoms with Crippen LogP contribution in [-0.4, -0.2) is 67.0 Å². The molecule has 40 heavy (non-hydrogen) atoms. The number of amides is 2. The molecule has 0 bridgehead atoms. The lowest BCUT2D eigenvalue weighted by molar-refractivity contribution is 0.246. The fraction of sp³-hybridized carbons (Fsp3) is 0.321. The van der Waals surface area contributed by atoms with Crippen molar-refractivity contribution in [2.45, 2.75) is 30.6 Å². The zero-order valence-electron chi connectivity index (χ0n) is 23.0. The molecular weight excluding hydrogens is 550 g/mol. The summed E-state index contributed by atoms with van der Waals surface area (Å²) in [5.74, 6) is 0. The second-order valence-corrected chi connectivity index (χ2v) is 13.0. The van der Waals surface area contributed by atoms with Gasteiger partial charge >= 0.3 is 6.03 Å². The molecule has 3 aromatic carbocycles. The van der Waals surface area contributed by atoms with Crippen LogP contribution in [0.15, 0.2) is 82.6 Å². The summed E-state index contributed by atoms with van der Waals surface area (Å²) in [5, 5.41) is 5.54. The van der Waals surface area contributed by atoms with Crippen LogP contribution in [0.3, 0.4) is 0 Å². The van der Waals surface area contributed by atoms with Gasteiger partial charge < -0.3 is 10.6 Å². The number of benzene rings is 3. The maximum atomic E-state index is 12.7. The van der Waals surface area contributed by atoms with Gasteiger partial charge in [-0.15, -0.1) is 0 Å². The van der Waals surface area contributed by atoms with Gasteiger partial charge in [-0.25, -0.2) is 31.1 Å². The summed E-state index contributed by atoms with van der Waals surface area (Å²) < 4.78 is 55.8. The lowest BCUT2D eigenvalue weighted by atomic mass is 10.2. The minimum atomic E-state index is -3.70. The van der Waals surface area contributed by atoms with Gasteiger partial charge in [0, 0.05) is 45.0 Å². The number of carbonyl (C=O) groups excluding carboxylic acids is 1. The normalized spacial score (nSPS) is 11.9. The Labute approximate surface area is 237 Å². The van der Waals surface area contributed by atoms with E-state index in [-0.39, 0.29) is 35.5 Å². The number of aryl methyl sites for hydroxylation is 3. The highest BCUT2D eigenvalue weighted by Crippen LogP contribution is 2.11. The molecule has 0 fully saturated rings. The maximum Gasteiger partial charge on any atom is 0.319 e. The highest BCUT2D eigenvalue weighted by atomic mass is 32.2. The quantitative estimate of drug-likeness (QED) is 0.229. The Bertz CT molecular complexity index is 1380. The van der Waals surface area contributed by atoms with Gasteiger partial charge in [0.25, 0.3) is 0 Å². The van der Waals surface area contributed by atoms with Gasteiger partial charge in [0.1, 0.15) is 0 Å². The summed E-state index contributed by atoms with van der Waals surface area (Å²) in [7, 11) is -7.39. The van der Waals surface area contributed by atoms with Crippen molar-refractivity contribution in [3.8, 4) is 0 Å². The first-order valence-electron chi connectivity index (χ1n) is 12.9. The largest absolute Gasteiger partial charge is 0.337 e. The molecule has 3 aromatic rings. The minimum Gasteiger partial charge on any atom is -0.337 e. The van der Waals surface area contributed by atoms with E-state index in [9.17, 15) is 21.6 Å². The molecule has 216 valence electrons. The SMILES string of the molecule is Cc1ccc(NC(=O)NCCN(CCNS(=O)(=O)c2ccc(C)cc2)CCNS(=O)(=O)c2ccc(C)cc2)cc1. The van der Waals surface area contributed by atoms with E-state index >= 15 is 0 Å². The van der Waals surface area contributed by atoms with Crippen LogP contribution in [0.2, 0.25) is 0 Å². The smallest absolute Gasteiger partial charge is 0.319 e. The van der Waals surface area contributed by atoms with Crippen molar-refractivity contribution in [1.82, 2.24) is 19.7 Å². The molecule has 0 unspecified atom stereocenters. The molecular formula is C28H37N5O5S2. The van der Waals surface area contributed by atoms with Crippen LogP contribution in [0.1, 0.15) is 16.7 Å². The number of anilines is 1. The third-order valence-electron chi connectivity index (χ3n) is 6.13. The third-order valence-corrected chi connectivity index (χ3v) is 9.08. The molecule has 0 aromatic heterocycles. The lowest BCUT2D eigenvalue weighted by Crippen LogP contribution is -2.43. The highest BCUT2D eigenvalue weighted by molar-refractivity contribution is 7.89. The number of hydrogen-bond acceptors (Lipinski definition) is 6. The van der Waals surface area contributed by atoms with E-state index in [1.54, 1.807) is 48.5 Å². The summed E-state index contributed by atoms with van der Waals surface area (Å²) in [6, 6.07) is 20.1. The number of sulfonamides is 2. The van der Waals surface area contributed by atoms with Crippen LogP contribution in [0, 0.1) is 20.8 Å². The summed E-state index contributed by atoms with van der Waals surface area (Å²) >= 11 is 0. The average Bonchev–Trinajstić information content (AvgIpc) is 2.90. The van der Waals surface area contributed by atoms with E-state index in [2.05, 4.69) is 20.1 Å². The fourth-order valence-electron chi connectivity index (χ4n) is 3.75. The molecule has 10 nitrogen and oxygen atoms in total. The van der Waals surface area contributed by atoms with Crippen LogP contribution < -0.4 is 20.1 Å². The lowest BCUT2D eigenvalue weighted by Gasteiger charge is -2.23. The molecule has 0 heterocycles. The number of nitrogens with zero attached hydrogens (tertiary/aromatic N) is 1. The molecule has 4 N–H and O–H groups in total. The molecule has 0 aliphatic rings. The van der Waals surface area contributed by atoms with Crippen molar-refractivity contribution in [3.63, 3.8) is 0 Å². The van der Waals surface area contributed by atoms with Crippen LogP contribution in [0.25, 0.3) is 0 Å². The number of hydrogen-bond donors (Lipinski definition) is 4. The predicted molar refractivity (Wildman–Crippen MR) is 157 cm³/mol. The molecule has 0 aliphatic heterocycles. The van der Waals surface area contributed by atoms with Crippen molar-refractivity contribution in [2.75, 3.05) is 44.6 Å². The van der Waals surface area contributed by atoms with E-state index in [0.717, 1.165) is 16.7 Å². The number of nitrogens with one attached hydrogen (secondary N) is 4. The molecule has 12 heteroatoms. The van der Waals surface area contributed by atoms with E-state index in [0.29, 0.717) is 25.3 Å². The van der Waals surface area contributed by atoms with E-state index in [4.69, 9.17) is 0 Å². The second kappa shape index (κ2) is 14.4. The van der Waals surface area contributed by atoms with Crippen molar-refractivity contribution >= 4 is 31.8 Å². The summed E-state index contributed by atoms with van der Waals surface area (Å²) in [4.78, 5) is 14.5. The van der Waals surface area contributed by atoms with Gasteiger partial charge in [-0.3, -0.25) is 4.90 Å². The van der Waals surface area contributed by atoms with Gasteiger partial charge in [-0.1, -0.05) is 53.1 Å². The minimum absolute atomic E-state index is 0.108. The number of carbonyl (C=O) groups is 1. The molecule has 2 amide bonds. The summed E-state index contributed by atoms with van der Waals surface area (Å²) in [5.41, 5.74) is 3.66. The Kier molecular flexibility index (Phi) is 11.2. The first-order chi connectivity index (χ1) is 18.9. The first-order valence-corrected chi connectivity index (χ1v) is 15.9. The topological polar surface area (TPSA) is 137 Å². The molecule has 0 atom stereocenters. The summed E-state index contributed by atoms with van der Waals surface area (Å²) in [6.07, 6.45) is 0. The van der Waals surface area contributed by atoms with Crippen molar-refractivity contribution in [1.29, 1.82) is 0 Å². The van der Waals surface area contributed by atoms with E-state index in [1.807, 2.05) is 49.9 Å². The molecule has 0 saturated carbocycles. The van der Waals surface area contributed by atoms with Crippen LogP contribution in [0.4, 0.5) is 10.5 Å². The van der Waals surface area contributed by atoms with Crippen molar-refractivity contribution in [3.05, 3.63) is 89.5 Å². The zero-order valence-corrected chi connectivity index (χ0v) is 24.6. The molecule has 0 radical (unpaired) electrons.